The lowest BCUT2D eigenvalue weighted by molar-refractivity contribution is -0.131. The Bertz CT molecular complexity index is 1190. The van der Waals surface area contributed by atoms with Crippen LogP contribution in [0.1, 0.15) is 37.0 Å². The Balaban J connectivity index is 1.53. The Labute approximate surface area is 175 Å². The van der Waals surface area contributed by atoms with Gasteiger partial charge >= 0.3 is 0 Å². The van der Waals surface area contributed by atoms with Crippen LogP contribution in [0.5, 0.6) is 0 Å². The SMILES string of the molecule is CCc1nc(=O)c2ccccc2n1C1=CCN(C(=O)CCn2nc(C)cc2C)CC1. The first-order chi connectivity index (χ1) is 14.5. The van der Waals surface area contributed by atoms with Crippen molar-refractivity contribution in [3.05, 3.63) is 64.0 Å². The number of para-hydroxylation sites is 1. The number of benzene rings is 1. The van der Waals surface area contributed by atoms with E-state index in [-0.39, 0.29) is 11.5 Å². The normalized spacial score (nSPS) is 14.2. The molecule has 30 heavy (non-hydrogen) atoms. The first-order valence-electron chi connectivity index (χ1n) is 10.5. The fourth-order valence-electron chi connectivity index (χ4n) is 4.12. The molecule has 0 unspecified atom stereocenters. The highest BCUT2D eigenvalue weighted by Gasteiger charge is 2.20. The van der Waals surface area contributed by atoms with Crippen molar-refractivity contribution >= 4 is 22.5 Å². The summed E-state index contributed by atoms with van der Waals surface area (Å²) >= 11 is 0. The molecule has 7 nitrogen and oxygen atoms in total. The van der Waals surface area contributed by atoms with Crippen LogP contribution in [-0.2, 0) is 17.8 Å². The molecule has 1 aliphatic rings. The van der Waals surface area contributed by atoms with Crippen molar-refractivity contribution in [1.82, 2.24) is 24.2 Å². The van der Waals surface area contributed by atoms with Crippen LogP contribution in [0.4, 0.5) is 0 Å². The molecule has 4 rings (SSSR count). The number of amides is 1. The third kappa shape index (κ3) is 3.79. The van der Waals surface area contributed by atoms with E-state index in [2.05, 4.69) is 20.7 Å². The summed E-state index contributed by atoms with van der Waals surface area (Å²) in [5.74, 6) is 0.894. The van der Waals surface area contributed by atoms with Gasteiger partial charge in [0.2, 0.25) is 5.91 Å². The number of hydrogen-bond donors (Lipinski definition) is 0. The van der Waals surface area contributed by atoms with Crippen LogP contribution in [0.15, 0.2) is 41.2 Å². The molecule has 156 valence electrons. The monoisotopic (exact) mass is 405 g/mol. The maximum absolute atomic E-state index is 12.7. The maximum atomic E-state index is 12.7. The van der Waals surface area contributed by atoms with Gasteiger partial charge in [0.25, 0.3) is 5.56 Å². The standard InChI is InChI=1S/C23H27N5O2/c1-4-21-24-23(30)19-7-5-6-8-20(19)28(21)18-9-12-26(13-10-18)22(29)11-14-27-17(3)15-16(2)25-27/h5-9,15H,4,10-14H2,1-3H3. The largest absolute Gasteiger partial charge is 0.338 e. The molecule has 0 radical (unpaired) electrons. The van der Waals surface area contributed by atoms with Gasteiger partial charge in [0, 0.05) is 50.3 Å². The van der Waals surface area contributed by atoms with Gasteiger partial charge in [-0.3, -0.25) is 14.3 Å². The Hall–Kier alpha value is -3.22. The highest BCUT2D eigenvalue weighted by Crippen LogP contribution is 2.23. The van der Waals surface area contributed by atoms with E-state index in [0.29, 0.717) is 37.9 Å². The highest BCUT2D eigenvalue weighted by molar-refractivity contribution is 5.82. The Morgan fingerprint density at radius 3 is 2.67 bits per heavy atom. The zero-order chi connectivity index (χ0) is 21.3. The van der Waals surface area contributed by atoms with Crippen molar-refractivity contribution in [2.24, 2.45) is 0 Å². The number of aromatic nitrogens is 4. The van der Waals surface area contributed by atoms with Crippen molar-refractivity contribution in [3.8, 4) is 0 Å². The fourth-order valence-corrected chi connectivity index (χ4v) is 4.12. The van der Waals surface area contributed by atoms with Crippen LogP contribution in [-0.4, -0.2) is 43.2 Å². The van der Waals surface area contributed by atoms with E-state index >= 15 is 0 Å². The second-order valence-electron chi connectivity index (χ2n) is 7.72. The highest BCUT2D eigenvalue weighted by atomic mass is 16.2. The van der Waals surface area contributed by atoms with E-state index in [9.17, 15) is 9.59 Å². The van der Waals surface area contributed by atoms with Gasteiger partial charge in [-0.15, -0.1) is 0 Å². The van der Waals surface area contributed by atoms with Gasteiger partial charge in [-0.25, -0.2) is 0 Å². The number of aryl methyl sites for hydroxylation is 4. The summed E-state index contributed by atoms with van der Waals surface area (Å²) in [6.45, 7) is 7.79. The Morgan fingerprint density at radius 1 is 1.20 bits per heavy atom. The molecule has 0 saturated heterocycles. The van der Waals surface area contributed by atoms with Gasteiger partial charge in [-0.2, -0.15) is 10.1 Å². The first kappa shape index (κ1) is 20.1. The van der Waals surface area contributed by atoms with Gasteiger partial charge in [0.05, 0.1) is 16.6 Å². The van der Waals surface area contributed by atoms with E-state index in [1.807, 2.05) is 60.7 Å². The summed E-state index contributed by atoms with van der Waals surface area (Å²) in [5, 5.41) is 5.06. The third-order valence-corrected chi connectivity index (χ3v) is 5.65. The van der Waals surface area contributed by atoms with Gasteiger partial charge in [0.1, 0.15) is 5.82 Å². The summed E-state index contributed by atoms with van der Waals surface area (Å²) < 4.78 is 3.98. The summed E-state index contributed by atoms with van der Waals surface area (Å²) in [4.78, 5) is 31.2. The van der Waals surface area contributed by atoms with Crippen molar-refractivity contribution in [3.63, 3.8) is 0 Å². The number of fused-ring (bicyclic) bond motifs is 1. The summed E-state index contributed by atoms with van der Waals surface area (Å²) in [5.41, 5.74) is 3.84. The average molecular weight is 406 g/mol. The van der Waals surface area contributed by atoms with E-state index in [1.165, 1.54) is 0 Å². The molecular formula is C23H27N5O2. The van der Waals surface area contributed by atoms with Crippen LogP contribution in [0.25, 0.3) is 16.6 Å². The summed E-state index contributed by atoms with van der Waals surface area (Å²) in [7, 11) is 0. The minimum absolute atomic E-state index is 0.136. The first-order valence-corrected chi connectivity index (χ1v) is 10.5. The number of carbonyl (C=O) groups excluding carboxylic acids is 1. The zero-order valence-electron chi connectivity index (χ0n) is 17.8. The van der Waals surface area contributed by atoms with Crippen molar-refractivity contribution in [1.29, 1.82) is 0 Å². The molecule has 1 aliphatic heterocycles. The number of carbonyl (C=O) groups is 1. The molecule has 2 aromatic heterocycles. The number of nitrogens with zero attached hydrogens (tertiary/aromatic N) is 5. The minimum atomic E-state index is -0.184. The van der Waals surface area contributed by atoms with Crippen LogP contribution in [0.3, 0.4) is 0 Å². The second-order valence-corrected chi connectivity index (χ2v) is 7.72. The summed E-state index contributed by atoms with van der Waals surface area (Å²) in [6.07, 6.45) is 3.92. The molecule has 0 fully saturated rings. The van der Waals surface area contributed by atoms with Crippen molar-refractivity contribution in [2.45, 2.75) is 46.6 Å². The molecule has 1 amide bonds. The molecule has 0 bridgehead atoms. The van der Waals surface area contributed by atoms with Gasteiger partial charge in [-0.1, -0.05) is 19.1 Å². The molecule has 0 N–H and O–H groups in total. The molecule has 1 aromatic carbocycles. The smallest absolute Gasteiger partial charge is 0.280 e. The Morgan fingerprint density at radius 2 is 2.00 bits per heavy atom. The molecule has 7 heteroatoms. The van der Waals surface area contributed by atoms with Crippen LogP contribution in [0, 0.1) is 13.8 Å². The quantitative estimate of drug-likeness (QED) is 0.654. The molecule has 0 saturated carbocycles. The van der Waals surface area contributed by atoms with E-state index in [1.54, 1.807) is 0 Å². The third-order valence-electron chi connectivity index (χ3n) is 5.65. The lowest BCUT2D eigenvalue weighted by Gasteiger charge is -2.29. The molecule has 3 aromatic rings. The average Bonchev–Trinajstić information content (AvgIpc) is 3.09. The number of rotatable bonds is 5. The van der Waals surface area contributed by atoms with E-state index in [4.69, 9.17) is 0 Å². The van der Waals surface area contributed by atoms with Crippen LogP contribution >= 0.6 is 0 Å². The molecule has 0 aliphatic carbocycles. The lowest BCUT2D eigenvalue weighted by atomic mass is 10.1. The number of hydrogen-bond acceptors (Lipinski definition) is 4. The predicted molar refractivity (Wildman–Crippen MR) is 117 cm³/mol. The van der Waals surface area contributed by atoms with Gasteiger partial charge in [-0.05, 0) is 38.1 Å². The van der Waals surface area contributed by atoms with E-state index < -0.39 is 0 Å². The van der Waals surface area contributed by atoms with Gasteiger partial charge in [0.15, 0.2) is 0 Å². The minimum Gasteiger partial charge on any atom is -0.338 e. The zero-order valence-corrected chi connectivity index (χ0v) is 17.8. The second kappa shape index (κ2) is 8.26. The predicted octanol–water partition coefficient (Wildman–Crippen LogP) is 2.94. The molecule has 0 spiro atoms. The maximum Gasteiger partial charge on any atom is 0.280 e. The fraction of sp³-hybridized carbons (Fsp3) is 0.391. The van der Waals surface area contributed by atoms with Crippen molar-refractivity contribution in [2.75, 3.05) is 13.1 Å². The van der Waals surface area contributed by atoms with Gasteiger partial charge < -0.3 is 9.47 Å². The summed E-state index contributed by atoms with van der Waals surface area (Å²) in [6, 6.07) is 9.60. The topological polar surface area (TPSA) is 73.0 Å². The lowest BCUT2D eigenvalue weighted by Crippen LogP contribution is -2.36. The molecule has 3 heterocycles. The van der Waals surface area contributed by atoms with Crippen LogP contribution < -0.4 is 5.56 Å². The van der Waals surface area contributed by atoms with E-state index in [0.717, 1.165) is 34.8 Å². The van der Waals surface area contributed by atoms with Crippen LogP contribution in [0.2, 0.25) is 0 Å². The Kier molecular flexibility index (Phi) is 5.53. The molecule has 0 atom stereocenters. The van der Waals surface area contributed by atoms with Crippen molar-refractivity contribution < 1.29 is 4.79 Å². The molecular weight excluding hydrogens is 378 g/mol.